The molecule has 0 saturated heterocycles. The van der Waals surface area contributed by atoms with Gasteiger partial charge in [0.1, 0.15) is 0 Å². The van der Waals surface area contributed by atoms with Gasteiger partial charge in [-0.25, -0.2) is 0 Å². The van der Waals surface area contributed by atoms with Crippen LogP contribution >= 0.6 is 28.6 Å². The molecule has 1 rings (SSSR count). The zero-order valence-corrected chi connectivity index (χ0v) is 10.2. The van der Waals surface area contributed by atoms with Crippen molar-refractivity contribution in [2.45, 2.75) is 13.3 Å². The van der Waals surface area contributed by atoms with E-state index >= 15 is 0 Å². The van der Waals surface area contributed by atoms with Gasteiger partial charge in [0, 0.05) is 10.3 Å². The molecule has 0 fully saturated rings. The lowest BCUT2D eigenvalue weighted by Gasteiger charge is -2.06. The van der Waals surface area contributed by atoms with E-state index in [1.165, 1.54) is 11.1 Å². The smallest absolute Gasteiger partial charge is 0.0387 e. The maximum Gasteiger partial charge on any atom is 0.0387 e. The van der Waals surface area contributed by atoms with Crippen molar-refractivity contribution in [1.29, 1.82) is 0 Å². The van der Waals surface area contributed by atoms with Crippen molar-refractivity contribution in [3.63, 3.8) is 0 Å². The summed E-state index contributed by atoms with van der Waals surface area (Å²) in [5, 5.41) is 3.19. The molecule has 0 heterocycles. The maximum absolute atomic E-state index is 4.09. The summed E-state index contributed by atoms with van der Waals surface area (Å²) >= 11 is 7.56. The molecule has 0 radical (unpaired) electrons. The number of nitrogens with one attached hydrogen (secondary N) is 1. The summed E-state index contributed by atoms with van der Waals surface area (Å²) in [5.41, 5.74) is 2.74. The molecule has 0 aliphatic rings. The van der Waals surface area contributed by atoms with E-state index < -0.39 is 0 Å². The first-order chi connectivity index (χ1) is 6.24. The monoisotopic (exact) mass is 259 g/mol. The van der Waals surface area contributed by atoms with Gasteiger partial charge in [0.05, 0.1) is 0 Å². The van der Waals surface area contributed by atoms with Crippen LogP contribution in [0.25, 0.3) is 0 Å². The van der Waals surface area contributed by atoms with Crippen LogP contribution in [0.15, 0.2) is 22.7 Å². The molecule has 0 atom stereocenters. The molecule has 0 unspecified atom stereocenters. The second kappa shape index (κ2) is 5.68. The Balaban J connectivity index is 2.59. The summed E-state index contributed by atoms with van der Waals surface area (Å²) < 4.78 is 1.15. The lowest BCUT2D eigenvalue weighted by Crippen LogP contribution is -2.15. The van der Waals surface area contributed by atoms with Crippen LogP contribution in [0.1, 0.15) is 11.1 Å². The predicted octanol–water partition coefficient (Wildman–Crippen LogP) is 2.78. The molecule has 72 valence electrons. The fraction of sp³-hybridized carbons (Fsp3) is 0.400. The van der Waals surface area contributed by atoms with E-state index in [0.29, 0.717) is 0 Å². The number of hydrogen-bond acceptors (Lipinski definition) is 2. The van der Waals surface area contributed by atoms with Gasteiger partial charge in [-0.05, 0) is 43.1 Å². The number of aryl methyl sites for hydroxylation is 1. The van der Waals surface area contributed by atoms with Gasteiger partial charge in [0.15, 0.2) is 0 Å². The van der Waals surface area contributed by atoms with Crippen LogP contribution in [0.5, 0.6) is 0 Å². The van der Waals surface area contributed by atoms with Crippen molar-refractivity contribution in [3.05, 3.63) is 33.8 Å². The molecule has 0 spiro atoms. The Kier molecular flexibility index (Phi) is 4.84. The molecule has 3 heteroatoms. The molecule has 0 bridgehead atoms. The average Bonchev–Trinajstić information content (AvgIpc) is 2.11. The summed E-state index contributed by atoms with van der Waals surface area (Å²) in [7, 11) is 0. The Labute approximate surface area is 93.5 Å². The number of rotatable bonds is 4. The standard InChI is InChI=1S/C10H14BrNS/c1-8-2-3-10(11)6-9(8)4-5-12-7-13/h2-3,6,12-13H,4-5,7H2,1H3. The first-order valence-electron chi connectivity index (χ1n) is 4.30. The van der Waals surface area contributed by atoms with E-state index in [9.17, 15) is 0 Å². The van der Waals surface area contributed by atoms with Gasteiger partial charge in [0.25, 0.3) is 0 Å². The number of hydrogen-bond donors (Lipinski definition) is 2. The predicted molar refractivity (Wildman–Crippen MR) is 64.4 cm³/mol. The molecule has 1 aromatic rings. The fourth-order valence-corrected chi connectivity index (χ4v) is 1.78. The second-order valence-corrected chi connectivity index (χ2v) is 4.21. The largest absolute Gasteiger partial charge is 0.308 e. The third kappa shape index (κ3) is 3.71. The van der Waals surface area contributed by atoms with Crippen LogP contribution in [0.2, 0.25) is 0 Å². The summed E-state index contributed by atoms with van der Waals surface area (Å²) in [6, 6.07) is 6.39. The lowest BCUT2D eigenvalue weighted by atomic mass is 10.1. The van der Waals surface area contributed by atoms with Crippen LogP contribution in [-0.4, -0.2) is 12.4 Å². The molecular formula is C10H14BrNS. The van der Waals surface area contributed by atoms with Gasteiger partial charge < -0.3 is 5.32 Å². The Bertz CT molecular complexity index is 276. The quantitative estimate of drug-likeness (QED) is 0.482. The van der Waals surface area contributed by atoms with E-state index in [0.717, 1.165) is 23.3 Å². The number of thiol groups is 1. The molecule has 0 aliphatic carbocycles. The Morgan fingerprint density at radius 1 is 1.46 bits per heavy atom. The first kappa shape index (κ1) is 11.1. The summed E-state index contributed by atoms with van der Waals surface area (Å²) in [5.74, 6) is 0.743. The number of halogens is 1. The Morgan fingerprint density at radius 3 is 2.92 bits per heavy atom. The molecule has 0 aliphatic heterocycles. The molecule has 1 nitrogen and oxygen atoms in total. The van der Waals surface area contributed by atoms with E-state index in [2.05, 4.69) is 59.0 Å². The molecule has 0 saturated carbocycles. The van der Waals surface area contributed by atoms with E-state index in [1.807, 2.05) is 0 Å². The minimum atomic E-state index is 0.743. The van der Waals surface area contributed by atoms with Gasteiger partial charge in [-0.15, -0.1) is 0 Å². The molecular weight excluding hydrogens is 246 g/mol. The Morgan fingerprint density at radius 2 is 2.23 bits per heavy atom. The molecule has 13 heavy (non-hydrogen) atoms. The van der Waals surface area contributed by atoms with Gasteiger partial charge in [-0.3, -0.25) is 0 Å². The van der Waals surface area contributed by atoms with Crippen molar-refractivity contribution in [2.24, 2.45) is 0 Å². The maximum atomic E-state index is 4.09. The highest BCUT2D eigenvalue weighted by Gasteiger charge is 1.98. The van der Waals surface area contributed by atoms with Gasteiger partial charge in [-0.2, -0.15) is 12.6 Å². The van der Waals surface area contributed by atoms with E-state index in [1.54, 1.807) is 0 Å². The van der Waals surface area contributed by atoms with Gasteiger partial charge >= 0.3 is 0 Å². The highest BCUT2D eigenvalue weighted by atomic mass is 79.9. The van der Waals surface area contributed by atoms with Gasteiger partial charge in [-0.1, -0.05) is 22.0 Å². The van der Waals surface area contributed by atoms with Gasteiger partial charge in [0.2, 0.25) is 0 Å². The summed E-state index contributed by atoms with van der Waals surface area (Å²) in [4.78, 5) is 0. The van der Waals surface area contributed by atoms with Crippen LogP contribution < -0.4 is 5.32 Å². The van der Waals surface area contributed by atoms with Crippen LogP contribution in [0.4, 0.5) is 0 Å². The zero-order valence-electron chi connectivity index (χ0n) is 7.68. The highest BCUT2D eigenvalue weighted by Crippen LogP contribution is 2.16. The van der Waals surface area contributed by atoms with Crippen molar-refractivity contribution in [3.8, 4) is 0 Å². The summed E-state index contributed by atoms with van der Waals surface area (Å²) in [6.45, 7) is 3.13. The van der Waals surface area contributed by atoms with Crippen molar-refractivity contribution in [1.82, 2.24) is 5.32 Å². The topological polar surface area (TPSA) is 12.0 Å². The molecule has 1 aromatic carbocycles. The van der Waals surface area contributed by atoms with Crippen LogP contribution in [0, 0.1) is 6.92 Å². The van der Waals surface area contributed by atoms with Crippen molar-refractivity contribution in [2.75, 3.05) is 12.4 Å². The minimum Gasteiger partial charge on any atom is -0.308 e. The van der Waals surface area contributed by atoms with Crippen LogP contribution in [0.3, 0.4) is 0 Å². The zero-order chi connectivity index (χ0) is 9.68. The second-order valence-electron chi connectivity index (χ2n) is 2.98. The lowest BCUT2D eigenvalue weighted by molar-refractivity contribution is 0.773. The van der Waals surface area contributed by atoms with Crippen molar-refractivity contribution >= 4 is 28.6 Å². The normalized spacial score (nSPS) is 10.4. The summed E-state index contributed by atoms with van der Waals surface area (Å²) in [6.07, 6.45) is 1.06. The van der Waals surface area contributed by atoms with Crippen molar-refractivity contribution < 1.29 is 0 Å². The fourth-order valence-electron chi connectivity index (χ4n) is 1.21. The SMILES string of the molecule is Cc1ccc(Br)cc1CCNCS. The molecule has 1 N–H and O–H groups in total. The first-order valence-corrected chi connectivity index (χ1v) is 5.73. The number of benzene rings is 1. The minimum absolute atomic E-state index is 0.743. The van der Waals surface area contributed by atoms with E-state index in [-0.39, 0.29) is 0 Å². The third-order valence-corrected chi connectivity index (χ3v) is 2.71. The van der Waals surface area contributed by atoms with E-state index in [4.69, 9.17) is 0 Å². The highest BCUT2D eigenvalue weighted by molar-refractivity contribution is 9.10. The Hall–Kier alpha value is 0.01000. The third-order valence-electron chi connectivity index (χ3n) is 1.99. The van der Waals surface area contributed by atoms with Crippen LogP contribution in [-0.2, 0) is 6.42 Å². The molecule has 0 amide bonds. The average molecular weight is 260 g/mol. The molecule has 0 aromatic heterocycles.